The summed E-state index contributed by atoms with van der Waals surface area (Å²) in [5.41, 5.74) is 5.96. The molecule has 4 nitrogen and oxygen atoms in total. The summed E-state index contributed by atoms with van der Waals surface area (Å²) in [5, 5.41) is 2.31. The Morgan fingerprint density at radius 1 is 1.41 bits per heavy atom. The van der Waals surface area contributed by atoms with E-state index in [9.17, 15) is 8.42 Å². The van der Waals surface area contributed by atoms with Crippen LogP contribution >= 0.6 is 27.3 Å². The molecule has 1 aromatic heterocycles. The lowest BCUT2D eigenvalue weighted by molar-refractivity contribution is 0.595. The molecule has 0 bridgehead atoms. The Balaban J connectivity index is 2.38. The number of aromatic nitrogens is 1. The predicted octanol–water partition coefficient (Wildman–Crippen LogP) is 2.46. The number of benzene rings is 1. The Hall–Kier alpha value is -0.920. The minimum atomic E-state index is -3.43. The van der Waals surface area contributed by atoms with E-state index in [-0.39, 0.29) is 16.3 Å². The molecule has 2 N–H and O–H groups in total. The van der Waals surface area contributed by atoms with Gasteiger partial charge in [0, 0.05) is 16.0 Å². The van der Waals surface area contributed by atoms with E-state index >= 15 is 0 Å². The van der Waals surface area contributed by atoms with Crippen molar-refractivity contribution in [2.75, 3.05) is 5.73 Å². The van der Waals surface area contributed by atoms with E-state index in [0.717, 1.165) is 4.47 Å². The van der Waals surface area contributed by atoms with Gasteiger partial charge in [-0.15, -0.1) is 11.3 Å². The quantitative estimate of drug-likeness (QED) is 0.876. The van der Waals surface area contributed by atoms with Gasteiger partial charge in [-0.25, -0.2) is 13.4 Å². The van der Waals surface area contributed by atoms with Crippen molar-refractivity contribution in [1.82, 2.24) is 4.98 Å². The number of nitrogens with zero attached hydrogens (tertiary/aromatic N) is 1. The largest absolute Gasteiger partial charge is 0.398 e. The molecule has 7 heteroatoms. The van der Waals surface area contributed by atoms with E-state index in [4.69, 9.17) is 5.73 Å². The summed E-state index contributed by atoms with van der Waals surface area (Å²) in [6, 6.07) is 4.74. The fourth-order valence-electron chi connectivity index (χ4n) is 1.37. The number of nitrogen functional groups attached to an aromatic ring is 1. The van der Waals surface area contributed by atoms with Gasteiger partial charge < -0.3 is 5.73 Å². The fraction of sp³-hybridized carbons (Fsp3) is 0.100. The van der Waals surface area contributed by atoms with Crippen LogP contribution in [-0.4, -0.2) is 13.4 Å². The van der Waals surface area contributed by atoms with Crippen molar-refractivity contribution in [3.63, 3.8) is 0 Å². The maximum absolute atomic E-state index is 12.1. The summed E-state index contributed by atoms with van der Waals surface area (Å²) in [6.45, 7) is 0. The minimum absolute atomic E-state index is 0.115. The van der Waals surface area contributed by atoms with Gasteiger partial charge in [0.05, 0.1) is 10.6 Å². The van der Waals surface area contributed by atoms with E-state index in [2.05, 4.69) is 20.9 Å². The van der Waals surface area contributed by atoms with Gasteiger partial charge in [-0.2, -0.15) is 0 Å². The number of rotatable bonds is 3. The molecule has 0 aliphatic carbocycles. The third kappa shape index (κ3) is 2.85. The first-order valence-electron chi connectivity index (χ1n) is 4.65. The molecule has 0 amide bonds. The van der Waals surface area contributed by atoms with Gasteiger partial charge in [-0.3, -0.25) is 0 Å². The van der Waals surface area contributed by atoms with Crippen LogP contribution < -0.4 is 5.73 Å². The van der Waals surface area contributed by atoms with E-state index in [0.29, 0.717) is 5.01 Å². The number of hydrogen-bond acceptors (Lipinski definition) is 5. The minimum Gasteiger partial charge on any atom is -0.398 e. The average molecular weight is 333 g/mol. The van der Waals surface area contributed by atoms with Crippen LogP contribution in [0, 0.1) is 0 Å². The van der Waals surface area contributed by atoms with Crippen LogP contribution in [0.2, 0.25) is 0 Å². The Labute approximate surface area is 112 Å². The van der Waals surface area contributed by atoms with Gasteiger partial charge in [0.25, 0.3) is 0 Å². The summed E-state index contributed by atoms with van der Waals surface area (Å²) in [7, 11) is -3.43. The molecule has 0 saturated heterocycles. The second kappa shape index (κ2) is 4.75. The molecule has 0 atom stereocenters. The number of halogens is 1. The molecular formula is C10H9BrN2O2S2. The standard InChI is InChI=1S/C10H9BrN2O2S2/c11-7-1-2-9(8(12)5-7)17(14,15)6-10-13-3-4-16-10/h1-5H,6,12H2. The Morgan fingerprint density at radius 3 is 2.76 bits per heavy atom. The monoisotopic (exact) mass is 332 g/mol. The summed E-state index contributed by atoms with van der Waals surface area (Å²) >= 11 is 4.55. The second-order valence-electron chi connectivity index (χ2n) is 3.37. The van der Waals surface area contributed by atoms with Crippen molar-refractivity contribution in [2.45, 2.75) is 10.6 Å². The molecular weight excluding hydrogens is 324 g/mol. The number of thiazole rings is 1. The van der Waals surface area contributed by atoms with E-state index in [1.54, 1.807) is 23.7 Å². The zero-order chi connectivity index (χ0) is 12.5. The van der Waals surface area contributed by atoms with E-state index in [1.807, 2.05) is 0 Å². The lowest BCUT2D eigenvalue weighted by atomic mass is 10.3. The lowest BCUT2D eigenvalue weighted by Crippen LogP contribution is -2.07. The predicted molar refractivity (Wildman–Crippen MR) is 71.6 cm³/mol. The number of sulfone groups is 1. The van der Waals surface area contributed by atoms with Gasteiger partial charge in [-0.05, 0) is 18.2 Å². The molecule has 2 aromatic rings. The van der Waals surface area contributed by atoms with Gasteiger partial charge >= 0.3 is 0 Å². The van der Waals surface area contributed by atoms with Crippen molar-refractivity contribution in [3.8, 4) is 0 Å². The molecule has 0 aliphatic rings. The maximum atomic E-state index is 12.1. The highest BCUT2D eigenvalue weighted by Gasteiger charge is 2.19. The van der Waals surface area contributed by atoms with Gasteiger partial charge in [0.2, 0.25) is 0 Å². The third-order valence-electron chi connectivity index (χ3n) is 2.10. The van der Waals surface area contributed by atoms with Gasteiger partial charge in [0.1, 0.15) is 10.8 Å². The zero-order valence-electron chi connectivity index (χ0n) is 8.63. The summed E-state index contributed by atoms with van der Waals surface area (Å²) in [4.78, 5) is 4.11. The van der Waals surface area contributed by atoms with Crippen molar-refractivity contribution in [3.05, 3.63) is 39.3 Å². The highest BCUT2D eigenvalue weighted by atomic mass is 79.9. The Morgan fingerprint density at radius 2 is 2.18 bits per heavy atom. The maximum Gasteiger partial charge on any atom is 0.186 e. The van der Waals surface area contributed by atoms with Crippen LogP contribution in [0.15, 0.2) is 39.1 Å². The first-order valence-corrected chi connectivity index (χ1v) is 7.98. The summed E-state index contributed by atoms with van der Waals surface area (Å²) in [5.74, 6) is -0.115. The highest BCUT2D eigenvalue weighted by molar-refractivity contribution is 9.10. The smallest absolute Gasteiger partial charge is 0.186 e. The van der Waals surface area contributed by atoms with Crippen molar-refractivity contribution < 1.29 is 8.42 Å². The zero-order valence-corrected chi connectivity index (χ0v) is 11.8. The average Bonchev–Trinajstić information content (AvgIpc) is 2.68. The molecule has 2 rings (SSSR count). The lowest BCUT2D eigenvalue weighted by Gasteiger charge is -2.06. The molecule has 0 spiro atoms. The van der Waals surface area contributed by atoms with Gasteiger partial charge in [-0.1, -0.05) is 15.9 Å². The molecule has 0 fully saturated rings. The van der Waals surface area contributed by atoms with Crippen LogP contribution in [-0.2, 0) is 15.6 Å². The number of hydrogen-bond donors (Lipinski definition) is 1. The molecule has 0 radical (unpaired) electrons. The van der Waals surface area contributed by atoms with Crippen LogP contribution in [0.3, 0.4) is 0 Å². The molecule has 1 heterocycles. The fourth-order valence-corrected chi connectivity index (χ4v) is 4.13. The van der Waals surface area contributed by atoms with Crippen molar-refractivity contribution in [1.29, 1.82) is 0 Å². The molecule has 17 heavy (non-hydrogen) atoms. The summed E-state index contributed by atoms with van der Waals surface area (Å²) in [6.07, 6.45) is 1.58. The molecule has 90 valence electrons. The van der Waals surface area contributed by atoms with Crippen molar-refractivity contribution in [2.24, 2.45) is 0 Å². The molecule has 1 aromatic carbocycles. The molecule has 0 saturated carbocycles. The molecule has 0 unspecified atom stereocenters. The first-order chi connectivity index (χ1) is 7.99. The van der Waals surface area contributed by atoms with Crippen LogP contribution in [0.4, 0.5) is 5.69 Å². The van der Waals surface area contributed by atoms with Gasteiger partial charge in [0.15, 0.2) is 9.84 Å². The number of nitrogens with two attached hydrogens (primary N) is 1. The first kappa shape index (κ1) is 12.5. The number of anilines is 1. The normalized spacial score (nSPS) is 11.6. The SMILES string of the molecule is Nc1cc(Br)ccc1S(=O)(=O)Cc1nccs1. The topological polar surface area (TPSA) is 73.1 Å². The highest BCUT2D eigenvalue weighted by Crippen LogP contribution is 2.26. The van der Waals surface area contributed by atoms with E-state index in [1.165, 1.54) is 17.4 Å². The Kier molecular flexibility index (Phi) is 3.50. The van der Waals surface area contributed by atoms with E-state index < -0.39 is 9.84 Å². The molecule has 0 aliphatic heterocycles. The summed E-state index contributed by atoms with van der Waals surface area (Å²) < 4.78 is 25.0. The Bertz CT molecular complexity index is 624. The van der Waals surface area contributed by atoms with Crippen LogP contribution in [0.5, 0.6) is 0 Å². The second-order valence-corrected chi connectivity index (χ2v) is 7.22. The van der Waals surface area contributed by atoms with Crippen LogP contribution in [0.25, 0.3) is 0 Å². The van der Waals surface area contributed by atoms with Crippen molar-refractivity contribution >= 4 is 42.8 Å². The van der Waals surface area contributed by atoms with Crippen LogP contribution in [0.1, 0.15) is 5.01 Å². The third-order valence-corrected chi connectivity index (χ3v) is 5.25.